The maximum Gasteiger partial charge on any atom is 0.268 e. The second-order valence-electron chi connectivity index (χ2n) is 9.04. The topological polar surface area (TPSA) is 79.0 Å². The summed E-state index contributed by atoms with van der Waals surface area (Å²) in [5.74, 6) is 2.80. The summed E-state index contributed by atoms with van der Waals surface area (Å²) in [7, 11) is -2.19. The number of thioether (sulfide) groups is 1. The van der Waals surface area contributed by atoms with Crippen LogP contribution < -0.4 is 4.74 Å². The Morgan fingerprint density at radius 3 is 2.32 bits per heavy atom. The molecule has 2 aromatic heterocycles. The first-order chi connectivity index (χ1) is 17.9. The molecule has 3 aromatic carbocycles. The molecule has 0 saturated heterocycles. The second-order valence-corrected chi connectivity index (χ2v) is 11.9. The Morgan fingerprint density at radius 2 is 1.62 bits per heavy atom. The summed E-state index contributed by atoms with van der Waals surface area (Å²) in [6.45, 7) is 4.39. The van der Waals surface area contributed by atoms with Crippen molar-refractivity contribution in [2.45, 2.75) is 30.3 Å². The summed E-state index contributed by atoms with van der Waals surface area (Å²) in [5.41, 5.74) is 2.14. The zero-order valence-electron chi connectivity index (χ0n) is 20.9. The SMILES string of the molecule is COc1ccc(-n2c(SCCC(C)C)nnc2-c2cn(S(=O)(=O)c3ccccc3)c3ccccc23)cc1. The molecular weight excluding hydrogens is 504 g/mol. The largest absolute Gasteiger partial charge is 0.497 e. The summed E-state index contributed by atoms with van der Waals surface area (Å²) in [5, 5.41) is 10.6. The van der Waals surface area contributed by atoms with Gasteiger partial charge in [-0.25, -0.2) is 12.4 Å². The van der Waals surface area contributed by atoms with E-state index in [0.29, 0.717) is 22.8 Å². The first-order valence-electron chi connectivity index (χ1n) is 12.0. The molecule has 0 amide bonds. The highest BCUT2D eigenvalue weighted by atomic mass is 32.2. The quantitative estimate of drug-likeness (QED) is 0.208. The molecule has 5 rings (SSSR count). The third-order valence-electron chi connectivity index (χ3n) is 6.11. The van der Waals surface area contributed by atoms with Gasteiger partial charge in [0.1, 0.15) is 5.75 Å². The molecule has 5 aromatic rings. The van der Waals surface area contributed by atoms with E-state index in [4.69, 9.17) is 4.74 Å². The van der Waals surface area contributed by atoms with Crippen LogP contribution in [0.25, 0.3) is 28.0 Å². The Bertz CT molecular complexity index is 1620. The highest BCUT2D eigenvalue weighted by Gasteiger charge is 2.25. The number of ether oxygens (including phenoxy) is 1. The van der Waals surface area contributed by atoms with Gasteiger partial charge in [0, 0.05) is 28.6 Å². The lowest BCUT2D eigenvalue weighted by molar-refractivity contribution is 0.414. The van der Waals surface area contributed by atoms with Crippen molar-refractivity contribution in [1.82, 2.24) is 18.7 Å². The van der Waals surface area contributed by atoms with E-state index in [1.165, 1.54) is 3.97 Å². The van der Waals surface area contributed by atoms with E-state index in [0.717, 1.165) is 34.2 Å². The predicted octanol–water partition coefficient (Wildman–Crippen LogP) is 6.27. The molecule has 0 atom stereocenters. The van der Waals surface area contributed by atoms with Crippen molar-refractivity contribution in [2.75, 3.05) is 12.9 Å². The number of aromatic nitrogens is 4. The average molecular weight is 533 g/mol. The first-order valence-corrected chi connectivity index (χ1v) is 14.5. The highest BCUT2D eigenvalue weighted by molar-refractivity contribution is 7.99. The standard InChI is InChI=1S/C28H28N4O3S2/c1-20(2)17-18-36-28-30-29-27(32(28)21-13-15-22(35-3)16-14-21)25-19-31(26-12-8-7-11-24(25)26)37(33,34)23-9-5-4-6-10-23/h4-16,19-20H,17-18H2,1-3H3. The van der Waals surface area contributed by atoms with Crippen molar-refractivity contribution < 1.29 is 13.2 Å². The fourth-order valence-electron chi connectivity index (χ4n) is 4.12. The maximum absolute atomic E-state index is 13.6. The van der Waals surface area contributed by atoms with E-state index < -0.39 is 10.0 Å². The Kier molecular flexibility index (Phi) is 7.08. The van der Waals surface area contributed by atoms with E-state index in [1.54, 1.807) is 55.4 Å². The summed E-state index contributed by atoms with van der Waals surface area (Å²) < 4.78 is 35.9. The van der Waals surface area contributed by atoms with Gasteiger partial charge in [-0.2, -0.15) is 0 Å². The minimum Gasteiger partial charge on any atom is -0.497 e. The summed E-state index contributed by atoms with van der Waals surface area (Å²) in [6.07, 6.45) is 2.70. The minimum atomic E-state index is -3.82. The van der Waals surface area contributed by atoms with Crippen LogP contribution in [0, 0.1) is 5.92 Å². The lowest BCUT2D eigenvalue weighted by atomic mass is 10.1. The molecule has 7 nitrogen and oxygen atoms in total. The highest BCUT2D eigenvalue weighted by Crippen LogP contribution is 2.36. The van der Waals surface area contributed by atoms with Crippen molar-refractivity contribution in [3.05, 3.63) is 85.1 Å². The molecule has 0 aliphatic rings. The lowest BCUT2D eigenvalue weighted by Gasteiger charge is -2.11. The summed E-state index contributed by atoms with van der Waals surface area (Å²) >= 11 is 1.64. The molecule has 0 aliphatic heterocycles. The van der Waals surface area contributed by atoms with Gasteiger partial charge in [-0.3, -0.25) is 4.57 Å². The van der Waals surface area contributed by atoms with Gasteiger partial charge < -0.3 is 4.74 Å². The van der Waals surface area contributed by atoms with Gasteiger partial charge in [-0.1, -0.05) is 62.0 Å². The lowest BCUT2D eigenvalue weighted by Crippen LogP contribution is -2.11. The first kappa shape index (κ1) is 25.1. The van der Waals surface area contributed by atoms with Crippen LogP contribution >= 0.6 is 11.8 Å². The van der Waals surface area contributed by atoms with Crippen molar-refractivity contribution in [3.8, 4) is 22.8 Å². The van der Waals surface area contributed by atoms with Crippen molar-refractivity contribution in [1.29, 1.82) is 0 Å². The van der Waals surface area contributed by atoms with E-state index in [-0.39, 0.29) is 4.90 Å². The number of fused-ring (bicyclic) bond motifs is 1. The second kappa shape index (κ2) is 10.4. The Hall–Kier alpha value is -3.56. The molecule has 0 radical (unpaired) electrons. The van der Waals surface area contributed by atoms with Crippen molar-refractivity contribution >= 4 is 32.7 Å². The number of hydrogen-bond acceptors (Lipinski definition) is 6. The van der Waals surface area contributed by atoms with Gasteiger partial charge in [0.2, 0.25) is 0 Å². The molecule has 0 bridgehead atoms. The van der Waals surface area contributed by atoms with E-state index in [9.17, 15) is 8.42 Å². The van der Waals surface area contributed by atoms with Gasteiger partial charge in [0.25, 0.3) is 10.0 Å². The van der Waals surface area contributed by atoms with E-state index >= 15 is 0 Å². The van der Waals surface area contributed by atoms with Gasteiger partial charge in [-0.05, 0) is 54.8 Å². The van der Waals surface area contributed by atoms with Crippen LogP contribution in [-0.4, -0.2) is 40.0 Å². The zero-order chi connectivity index (χ0) is 26.0. The molecule has 0 unspecified atom stereocenters. The number of methoxy groups -OCH3 is 1. The van der Waals surface area contributed by atoms with Gasteiger partial charge in [0.05, 0.1) is 17.5 Å². The summed E-state index contributed by atoms with van der Waals surface area (Å²) in [4.78, 5) is 0.226. The molecule has 190 valence electrons. The molecule has 37 heavy (non-hydrogen) atoms. The minimum absolute atomic E-state index is 0.226. The Morgan fingerprint density at radius 1 is 0.919 bits per heavy atom. The van der Waals surface area contributed by atoms with Crippen LogP contribution in [-0.2, 0) is 10.0 Å². The zero-order valence-corrected chi connectivity index (χ0v) is 22.5. The van der Waals surface area contributed by atoms with Crippen LogP contribution in [0.3, 0.4) is 0 Å². The number of rotatable bonds is 9. The van der Waals surface area contributed by atoms with Crippen LogP contribution in [0.15, 0.2) is 95.1 Å². The third-order valence-corrected chi connectivity index (χ3v) is 8.76. The summed E-state index contributed by atoms with van der Waals surface area (Å²) in [6, 6.07) is 23.6. The molecule has 0 saturated carbocycles. The molecule has 0 spiro atoms. The Labute approximate surface area is 221 Å². The maximum atomic E-state index is 13.6. The smallest absolute Gasteiger partial charge is 0.268 e. The number of hydrogen-bond donors (Lipinski definition) is 0. The molecule has 0 fully saturated rings. The van der Waals surface area contributed by atoms with Crippen LogP contribution in [0.5, 0.6) is 5.75 Å². The van der Waals surface area contributed by atoms with Crippen molar-refractivity contribution in [3.63, 3.8) is 0 Å². The third kappa shape index (κ3) is 4.89. The van der Waals surface area contributed by atoms with E-state index in [1.807, 2.05) is 53.1 Å². The monoisotopic (exact) mass is 532 g/mol. The van der Waals surface area contributed by atoms with Crippen LogP contribution in [0.2, 0.25) is 0 Å². The molecule has 9 heteroatoms. The fraction of sp³-hybridized carbons (Fsp3) is 0.214. The molecular formula is C28H28N4O3S2. The predicted molar refractivity (Wildman–Crippen MR) is 148 cm³/mol. The Balaban J connectivity index is 1.69. The molecule has 0 N–H and O–H groups in total. The fourth-order valence-corrected chi connectivity index (χ4v) is 6.70. The number of benzene rings is 3. The molecule has 2 heterocycles. The molecule has 0 aliphatic carbocycles. The van der Waals surface area contributed by atoms with E-state index in [2.05, 4.69) is 24.0 Å². The van der Waals surface area contributed by atoms with Crippen LogP contribution in [0.4, 0.5) is 0 Å². The van der Waals surface area contributed by atoms with Gasteiger partial charge in [0.15, 0.2) is 11.0 Å². The normalized spacial score (nSPS) is 11.9. The van der Waals surface area contributed by atoms with Crippen LogP contribution in [0.1, 0.15) is 20.3 Å². The van der Waals surface area contributed by atoms with Gasteiger partial charge >= 0.3 is 0 Å². The number of nitrogens with zero attached hydrogens (tertiary/aromatic N) is 4. The van der Waals surface area contributed by atoms with Gasteiger partial charge in [-0.15, -0.1) is 10.2 Å². The average Bonchev–Trinajstić information content (AvgIpc) is 3.51. The number of para-hydroxylation sites is 1. The van der Waals surface area contributed by atoms with Crippen molar-refractivity contribution in [2.24, 2.45) is 5.92 Å².